The molecular formula is C72H158O7. The first-order valence-corrected chi connectivity index (χ1v) is 32.2. The first kappa shape index (κ1) is 106. The molecule has 0 amide bonds. The van der Waals surface area contributed by atoms with Crippen molar-refractivity contribution in [1.29, 1.82) is 0 Å². The van der Waals surface area contributed by atoms with E-state index < -0.39 is 0 Å². The van der Waals surface area contributed by atoms with E-state index in [4.69, 9.17) is 10.2 Å². The van der Waals surface area contributed by atoms with Gasteiger partial charge in [0.05, 0.1) is 0 Å². The van der Waals surface area contributed by atoms with Crippen molar-refractivity contribution in [1.82, 2.24) is 0 Å². The van der Waals surface area contributed by atoms with Gasteiger partial charge in [0.1, 0.15) is 28.9 Å². The predicted octanol–water partition coefficient (Wildman–Crippen LogP) is 24.3. The van der Waals surface area contributed by atoms with Gasteiger partial charge in [-0.15, -0.1) is 0 Å². The number of rotatable bonds is 44. The minimum atomic E-state index is 0. The van der Waals surface area contributed by atoms with Crippen molar-refractivity contribution in [2.75, 3.05) is 13.2 Å². The molecule has 0 saturated heterocycles. The van der Waals surface area contributed by atoms with Gasteiger partial charge in [-0.1, -0.05) is 281 Å². The Balaban J connectivity index is -0.0000000691. The van der Waals surface area contributed by atoms with Gasteiger partial charge < -0.3 is 19.8 Å². The summed E-state index contributed by atoms with van der Waals surface area (Å²) in [6.07, 6.45) is 45.4. The molecule has 0 aliphatic heterocycles. The van der Waals surface area contributed by atoms with E-state index >= 15 is 0 Å². The Hall–Kier alpha value is -1.73. The zero-order chi connectivity index (χ0) is 57.9. The highest BCUT2D eigenvalue weighted by Crippen LogP contribution is 2.23. The summed E-state index contributed by atoms with van der Waals surface area (Å²) in [4.78, 5) is 54.6. The number of hydrogen-bond acceptors (Lipinski definition) is 7. The van der Waals surface area contributed by atoms with E-state index in [0.717, 1.165) is 127 Å². The van der Waals surface area contributed by atoms with E-state index in [1.54, 1.807) is 6.92 Å². The minimum absolute atomic E-state index is 0. The molecule has 2 N–H and O–H groups in total. The first-order chi connectivity index (χ1) is 35.5. The number of aliphatic hydroxyl groups is 2. The average molecular weight is 1140 g/mol. The molecule has 0 bridgehead atoms. The Labute approximate surface area is 502 Å². The van der Waals surface area contributed by atoms with Crippen LogP contribution in [-0.4, -0.2) is 52.3 Å². The Morgan fingerprint density at radius 3 is 0.684 bits per heavy atom. The van der Waals surface area contributed by atoms with Crippen LogP contribution in [0.15, 0.2) is 0 Å². The summed E-state index contributed by atoms with van der Waals surface area (Å²) in [5.41, 5.74) is 0. The van der Waals surface area contributed by atoms with Crippen LogP contribution in [0.3, 0.4) is 0 Å². The molecule has 488 valence electrons. The van der Waals surface area contributed by atoms with Crippen molar-refractivity contribution in [2.45, 2.75) is 405 Å². The normalized spacial score (nSPS) is 11.1. The third-order valence-corrected chi connectivity index (χ3v) is 13.7. The Bertz CT molecular complexity index is 1040. The SMILES string of the molecule is C.C.C.C.C.CC(C)=O.CCCCC(CC)CCC(=O)CCC(CC)CCCC.CCCCC(CC)CO.CCCCCC(=O)CCC(CC)CCCC.CCCCCC(=O)CCCCC.CCCCCC(C)=O.CCCCO. The first-order valence-electron chi connectivity index (χ1n) is 32.2. The van der Waals surface area contributed by atoms with Crippen LogP contribution >= 0.6 is 0 Å². The highest BCUT2D eigenvalue weighted by Gasteiger charge is 2.13. The summed E-state index contributed by atoms with van der Waals surface area (Å²) in [5, 5.41) is 16.8. The number of carbonyl (C=O) groups is 5. The maximum atomic E-state index is 12.0. The molecule has 0 aromatic rings. The second kappa shape index (κ2) is 95.5. The fraction of sp³-hybridized carbons (Fsp3) is 0.931. The number of hydrogen-bond donors (Lipinski definition) is 2. The fourth-order valence-corrected chi connectivity index (χ4v) is 8.02. The van der Waals surface area contributed by atoms with Gasteiger partial charge in [-0.2, -0.15) is 0 Å². The van der Waals surface area contributed by atoms with Gasteiger partial charge in [0.15, 0.2) is 0 Å². The topological polar surface area (TPSA) is 126 Å². The van der Waals surface area contributed by atoms with E-state index in [2.05, 4.69) is 90.0 Å². The van der Waals surface area contributed by atoms with Gasteiger partial charge in [0.2, 0.25) is 0 Å². The van der Waals surface area contributed by atoms with Crippen molar-refractivity contribution in [3.8, 4) is 0 Å². The Morgan fingerprint density at radius 2 is 0.494 bits per heavy atom. The van der Waals surface area contributed by atoms with Crippen molar-refractivity contribution in [2.24, 2.45) is 23.7 Å². The van der Waals surface area contributed by atoms with Crippen LogP contribution in [0.4, 0.5) is 0 Å². The van der Waals surface area contributed by atoms with E-state index in [9.17, 15) is 24.0 Å². The summed E-state index contributed by atoms with van der Waals surface area (Å²) >= 11 is 0. The zero-order valence-corrected chi connectivity index (χ0v) is 53.4. The monoisotopic (exact) mass is 1140 g/mol. The van der Waals surface area contributed by atoms with Gasteiger partial charge in [0.25, 0.3) is 0 Å². The second-order valence-corrected chi connectivity index (χ2v) is 21.6. The molecule has 0 aromatic carbocycles. The van der Waals surface area contributed by atoms with Crippen molar-refractivity contribution >= 4 is 28.9 Å². The van der Waals surface area contributed by atoms with Gasteiger partial charge in [-0.3, -0.25) is 14.4 Å². The third kappa shape index (κ3) is 112. The van der Waals surface area contributed by atoms with Gasteiger partial charge in [0, 0.05) is 58.2 Å². The van der Waals surface area contributed by atoms with E-state index in [0.29, 0.717) is 42.3 Å². The molecule has 0 fully saturated rings. The predicted molar refractivity (Wildman–Crippen MR) is 362 cm³/mol. The molecule has 0 aliphatic rings. The molecule has 0 radical (unpaired) electrons. The van der Waals surface area contributed by atoms with Crippen LogP contribution in [0, 0.1) is 23.7 Å². The summed E-state index contributed by atoms with van der Waals surface area (Å²) in [6, 6.07) is 0. The third-order valence-electron chi connectivity index (χ3n) is 13.7. The minimum Gasteiger partial charge on any atom is -0.396 e. The van der Waals surface area contributed by atoms with Crippen molar-refractivity contribution in [3.63, 3.8) is 0 Å². The van der Waals surface area contributed by atoms with Crippen LogP contribution < -0.4 is 0 Å². The molecule has 7 heteroatoms. The number of aliphatic hydroxyl groups excluding tert-OH is 2. The zero-order valence-electron chi connectivity index (χ0n) is 53.4. The lowest BCUT2D eigenvalue weighted by Gasteiger charge is -2.15. The van der Waals surface area contributed by atoms with Crippen LogP contribution in [-0.2, 0) is 24.0 Å². The highest BCUT2D eigenvalue weighted by atomic mass is 16.3. The fourth-order valence-electron chi connectivity index (χ4n) is 8.02. The van der Waals surface area contributed by atoms with E-state index in [1.165, 1.54) is 162 Å². The highest BCUT2D eigenvalue weighted by molar-refractivity contribution is 5.79. The lowest BCUT2D eigenvalue weighted by Crippen LogP contribution is -2.07. The molecule has 4 atom stereocenters. The van der Waals surface area contributed by atoms with Crippen LogP contribution in [0.5, 0.6) is 0 Å². The maximum Gasteiger partial charge on any atom is 0.132 e. The summed E-state index contributed by atoms with van der Waals surface area (Å²) in [6.45, 7) is 34.0. The molecule has 0 aliphatic carbocycles. The smallest absolute Gasteiger partial charge is 0.132 e. The van der Waals surface area contributed by atoms with Crippen LogP contribution in [0.25, 0.3) is 0 Å². The van der Waals surface area contributed by atoms with Gasteiger partial charge in [-0.05, 0) is 102 Å². The molecular weight excluding hydrogens is 977 g/mol. The molecule has 0 spiro atoms. The quantitative estimate of drug-likeness (QED) is 0.0582. The maximum absolute atomic E-state index is 12.0. The standard InChI is InChI=1S/C19H38O.C15H30O.C11H22O.C8H18O.C7H14O.C4H10O.C3H6O.5CH4/c1-5-9-11-17(7-3)13-15-19(20)16-14-18(8-4)12-10-6-2;1-4-7-9-11-15(16)13-12-14(6-3)10-8-5-2;1-3-5-7-9-11(12)10-8-6-4-2;1-3-5-6-8(4-2)7-9;1-3-4-5-6-7(2)8;1-2-3-4-5;1-3(2)4;;;;;/h17-18H,5-16H2,1-4H3;14H,4-13H2,1-3H3;3-10H2,1-2H3;8-9H,3-7H2,1-2H3;3-6H2,1-2H3;5H,2-4H2,1H3;1-2H3;5*1H4. The van der Waals surface area contributed by atoms with Crippen LogP contribution in [0.2, 0.25) is 0 Å². The number of unbranched alkanes of at least 4 members (excludes halogenated alkanes) is 13. The molecule has 7 nitrogen and oxygen atoms in total. The molecule has 0 saturated carbocycles. The summed E-state index contributed by atoms with van der Waals surface area (Å²) in [7, 11) is 0. The van der Waals surface area contributed by atoms with Crippen molar-refractivity contribution < 1.29 is 34.2 Å². The Kier molecular flexibility index (Phi) is 128. The second-order valence-electron chi connectivity index (χ2n) is 21.6. The van der Waals surface area contributed by atoms with Gasteiger partial charge in [-0.25, -0.2) is 0 Å². The lowest BCUT2D eigenvalue weighted by molar-refractivity contribution is -0.120. The number of ketones is 5. The number of Topliss-reactive ketones (excluding diaryl/α,β-unsaturated/α-hetero) is 5. The van der Waals surface area contributed by atoms with E-state index in [-0.39, 0.29) is 42.9 Å². The summed E-state index contributed by atoms with van der Waals surface area (Å²) < 4.78 is 0. The van der Waals surface area contributed by atoms with E-state index in [1.807, 2.05) is 0 Å². The lowest BCUT2D eigenvalue weighted by atomic mass is 9.90. The molecule has 0 rings (SSSR count). The largest absolute Gasteiger partial charge is 0.396 e. The Morgan fingerprint density at radius 1 is 0.278 bits per heavy atom. The molecule has 4 unspecified atom stereocenters. The average Bonchev–Trinajstić information content (AvgIpc) is 3.38. The van der Waals surface area contributed by atoms with Crippen molar-refractivity contribution in [3.05, 3.63) is 0 Å². The number of carbonyl (C=O) groups excluding carboxylic acids is 5. The molecule has 0 aromatic heterocycles. The molecule has 0 heterocycles. The molecule has 79 heavy (non-hydrogen) atoms. The summed E-state index contributed by atoms with van der Waals surface area (Å²) in [5.74, 6) is 4.86. The van der Waals surface area contributed by atoms with Crippen LogP contribution in [0.1, 0.15) is 405 Å². The van der Waals surface area contributed by atoms with Gasteiger partial charge >= 0.3 is 0 Å².